The Labute approximate surface area is 318 Å². The van der Waals surface area contributed by atoms with Crippen LogP contribution < -0.4 is 27.0 Å². The predicted octanol–water partition coefficient (Wildman–Crippen LogP) is 4.36. The summed E-state index contributed by atoms with van der Waals surface area (Å²) in [5, 5.41) is 11.8. The van der Waals surface area contributed by atoms with Crippen LogP contribution in [0.2, 0.25) is 0 Å². The lowest BCUT2D eigenvalue weighted by molar-refractivity contribution is -0.144. The summed E-state index contributed by atoms with van der Waals surface area (Å²) in [5.74, 6) is -1.76. The van der Waals surface area contributed by atoms with Gasteiger partial charge in [0, 0.05) is 38.4 Å². The number of nitrogens with one attached hydrogen (secondary N) is 4. The van der Waals surface area contributed by atoms with Gasteiger partial charge in [-0.25, -0.2) is 4.79 Å². The molecule has 0 spiro atoms. The Morgan fingerprint density at radius 3 is 2.33 bits per heavy atom. The van der Waals surface area contributed by atoms with Crippen molar-refractivity contribution in [2.75, 3.05) is 20.1 Å². The van der Waals surface area contributed by atoms with E-state index < -0.39 is 30.1 Å². The van der Waals surface area contributed by atoms with Crippen LogP contribution in [0, 0.1) is 12.8 Å². The van der Waals surface area contributed by atoms with Crippen molar-refractivity contribution >= 4 is 35.1 Å². The van der Waals surface area contributed by atoms with Gasteiger partial charge in [0.05, 0.1) is 12.1 Å². The molecule has 1 aliphatic carbocycles. The van der Waals surface area contributed by atoms with E-state index in [0.29, 0.717) is 38.8 Å². The molecule has 6 N–H and O–H groups in total. The molecule has 0 aromatic heterocycles. The smallest absolute Gasteiger partial charge is 0.312 e. The molecular weight excluding hydrogens is 681 g/mol. The first-order valence-electron chi connectivity index (χ1n) is 19.1. The quantitative estimate of drug-likeness (QED) is 0.122. The number of urea groups is 1. The van der Waals surface area contributed by atoms with Crippen LogP contribution in [0.5, 0.6) is 0 Å². The molecule has 0 saturated carbocycles. The highest BCUT2D eigenvalue weighted by Crippen LogP contribution is 2.31. The highest BCUT2D eigenvalue weighted by atomic mass is 16.2. The third-order valence-electron chi connectivity index (χ3n) is 10.5. The minimum Gasteiger partial charge on any atom is -0.352 e. The van der Waals surface area contributed by atoms with E-state index in [1.54, 1.807) is 11.9 Å². The number of carbonyl (C=O) groups is 5. The molecule has 5 rings (SSSR count). The number of likely N-dealkylation sites (N-methyl/N-ethyl adjacent to an activating group) is 1. The Hall–Kier alpha value is -5.29. The second-order valence-electron chi connectivity index (χ2n) is 14.4. The monoisotopic (exact) mass is 734 g/mol. The maximum absolute atomic E-state index is 14.4. The number of allylic oxidation sites excluding steroid dienone is 1. The van der Waals surface area contributed by atoms with Gasteiger partial charge in [-0.05, 0) is 86.7 Å². The Kier molecular flexibility index (Phi) is 14.6. The third-order valence-corrected chi connectivity index (χ3v) is 10.5. The van der Waals surface area contributed by atoms with Gasteiger partial charge in [-0.3, -0.25) is 19.2 Å². The fourth-order valence-electron chi connectivity index (χ4n) is 7.42. The summed E-state index contributed by atoms with van der Waals surface area (Å²) in [5.41, 5.74) is 11.5. The summed E-state index contributed by atoms with van der Waals surface area (Å²) >= 11 is 0. The summed E-state index contributed by atoms with van der Waals surface area (Å²) in [7, 11) is 1.75. The zero-order valence-electron chi connectivity index (χ0n) is 31.4. The van der Waals surface area contributed by atoms with E-state index in [2.05, 4.69) is 33.4 Å². The summed E-state index contributed by atoms with van der Waals surface area (Å²) < 4.78 is 0. The van der Waals surface area contributed by atoms with Gasteiger partial charge >= 0.3 is 6.03 Å². The van der Waals surface area contributed by atoms with Crippen LogP contribution in [-0.4, -0.2) is 72.7 Å². The summed E-state index contributed by atoms with van der Waals surface area (Å²) in [6.07, 6.45) is 6.28. The van der Waals surface area contributed by atoms with Gasteiger partial charge in [-0.1, -0.05) is 90.5 Å². The minimum absolute atomic E-state index is 0.109. The zero-order valence-corrected chi connectivity index (χ0v) is 31.4. The molecule has 11 heteroatoms. The molecule has 3 aromatic rings. The third kappa shape index (κ3) is 11.1. The van der Waals surface area contributed by atoms with E-state index in [0.717, 1.165) is 52.7 Å². The SMILES string of the molecule is CN[C@@H](Cc1ccccc1)C(=O)N1CCCC[C@H]1C(=O)N[C@@H](CC1=CCc2ccccc21)C(=O)C[C@@H](CCCNC(N)=O)C(=O)NCc1ccc(C)cc1. The highest BCUT2D eigenvalue weighted by molar-refractivity contribution is 5.96. The Bertz CT molecular complexity index is 1790. The average Bonchev–Trinajstić information content (AvgIpc) is 3.60. The van der Waals surface area contributed by atoms with Gasteiger partial charge in [-0.2, -0.15) is 0 Å². The van der Waals surface area contributed by atoms with Crippen molar-refractivity contribution < 1.29 is 24.0 Å². The lowest BCUT2D eigenvalue weighted by atomic mass is 9.89. The number of amides is 5. The maximum Gasteiger partial charge on any atom is 0.312 e. The van der Waals surface area contributed by atoms with Gasteiger partial charge in [-0.15, -0.1) is 0 Å². The number of nitrogens with zero attached hydrogens (tertiary/aromatic N) is 1. The van der Waals surface area contributed by atoms with E-state index in [4.69, 9.17) is 5.73 Å². The van der Waals surface area contributed by atoms with E-state index >= 15 is 0 Å². The van der Waals surface area contributed by atoms with Crippen molar-refractivity contribution in [2.24, 2.45) is 11.7 Å². The number of aryl methyl sites for hydroxylation is 1. The average molecular weight is 735 g/mol. The van der Waals surface area contributed by atoms with Crippen molar-refractivity contribution in [3.8, 4) is 0 Å². The Morgan fingerprint density at radius 1 is 0.852 bits per heavy atom. The predicted molar refractivity (Wildman–Crippen MR) is 210 cm³/mol. The van der Waals surface area contributed by atoms with Crippen LogP contribution in [0.25, 0.3) is 5.57 Å². The molecular formula is C43H54N6O5. The molecule has 1 heterocycles. The Balaban J connectivity index is 1.34. The lowest BCUT2D eigenvalue weighted by Gasteiger charge is -2.37. The van der Waals surface area contributed by atoms with Crippen molar-refractivity contribution in [3.05, 3.63) is 113 Å². The number of ketones is 1. The summed E-state index contributed by atoms with van der Waals surface area (Å²) in [6, 6.07) is 22.8. The van der Waals surface area contributed by atoms with Crippen LogP contribution in [-0.2, 0) is 38.6 Å². The molecule has 54 heavy (non-hydrogen) atoms. The van der Waals surface area contributed by atoms with Gasteiger partial charge in [0.25, 0.3) is 0 Å². The van der Waals surface area contributed by atoms with Crippen molar-refractivity contribution in [2.45, 2.75) is 89.4 Å². The van der Waals surface area contributed by atoms with Crippen LogP contribution >= 0.6 is 0 Å². The number of hydrogen-bond acceptors (Lipinski definition) is 6. The molecule has 0 radical (unpaired) electrons. The zero-order chi connectivity index (χ0) is 38.5. The first-order chi connectivity index (χ1) is 26.1. The van der Waals surface area contributed by atoms with E-state index in [-0.39, 0.29) is 42.9 Å². The number of nitrogens with two attached hydrogens (primary N) is 1. The molecule has 0 bridgehead atoms. The van der Waals surface area contributed by atoms with Gasteiger partial charge in [0.2, 0.25) is 17.7 Å². The number of likely N-dealkylation sites (tertiary alicyclic amines) is 1. The molecule has 1 saturated heterocycles. The number of rotatable bonds is 18. The first-order valence-corrected chi connectivity index (χ1v) is 19.1. The van der Waals surface area contributed by atoms with Crippen LogP contribution in [0.1, 0.15) is 72.8 Å². The van der Waals surface area contributed by atoms with Gasteiger partial charge < -0.3 is 31.9 Å². The Morgan fingerprint density at radius 2 is 1.59 bits per heavy atom. The van der Waals surface area contributed by atoms with Crippen molar-refractivity contribution in [3.63, 3.8) is 0 Å². The number of piperidine rings is 1. The molecule has 5 amide bonds. The molecule has 286 valence electrons. The number of fused-ring (bicyclic) bond motifs is 1. The number of primary amides is 1. The topological polar surface area (TPSA) is 163 Å². The molecule has 4 atom stereocenters. The van der Waals surface area contributed by atoms with E-state index in [9.17, 15) is 24.0 Å². The number of carbonyl (C=O) groups excluding carboxylic acids is 5. The largest absolute Gasteiger partial charge is 0.352 e. The molecule has 1 fully saturated rings. The standard InChI is InChI=1S/C43H54N6O5/c1-29-17-19-31(20-18-29)28-47-40(51)34(14-10-23-46-43(44)54)27-39(50)36(26-33-22-21-32-13-6-7-15-35(32)33)48-41(52)38-16-8-9-24-49(38)42(53)37(45-2)25-30-11-4-3-5-12-30/h3-7,11-13,15,17-20,22,34,36-38,45H,8-10,14,16,21,23-28H2,1-2H3,(H,47,51)(H,48,52)(H3,44,46,54)/t34-,36+,37+,38+/m1/s1. The van der Waals surface area contributed by atoms with Gasteiger partial charge in [0.1, 0.15) is 6.04 Å². The highest BCUT2D eigenvalue weighted by Gasteiger charge is 2.37. The van der Waals surface area contributed by atoms with Crippen molar-refractivity contribution in [1.29, 1.82) is 0 Å². The van der Waals surface area contributed by atoms with Crippen LogP contribution in [0.4, 0.5) is 4.79 Å². The molecule has 2 aliphatic rings. The normalized spacial score (nSPS) is 16.7. The molecule has 0 unspecified atom stereocenters. The molecule has 1 aliphatic heterocycles. The molecule has 11 nitrogen and oxygen atoms in total. The first kappa shape index (κ1) is 39.9. The second-order valence-corrected chi connectivity index (χ2v) is 14.4. The van der Waals surface area contributed by atoms with Crippen LogP contribution in [0.15, 0.2) is 84.9 Å². The minimum atomic E-state index is -0.922. The van der Waals surface area contributed by atoms with E-state index in [1.165, 1.54) is 0 Å². The number of hydrogen-bond donors (Lipinski definition) is 5. The van der Waals surface area contributed by atoms with Crippen LogP contribution in [0.3, 0.4) is 0 Å². The fraction of sp³-hybridized carbons (Fsp3) is 0.419. The fourth-order valence-corrected chi connectivity index (χ4v) is 7.42. The number of benzene rings is 3. The summed E-state index contributed by atoms with van der Waals surface area (Å²) in [4.78, 5) is 69.3. The second kappa shape index (κ2) is 19.7. The van der Waals surface area contributed by atoms with Gasteiger partial charge in [0.15, 0.2) is 5.78 Å². The maximum atomic E-state index is 14.4. The van der Waals surface area contributed by atoms with E-state index in [1.807, 2.05) is 79.7 Å². The lowest BCUT2D eigenvalue weighted by Crippen LogP contribution is -2.58. The summed E-state index contributed by atoms with van der Waals surface area (Å²) in [6.45, 7) is 3.01. The van der Waals surface area contributed by atoms with Crippen molar-refractivity contribution in [1.82, 2.24) is 26.2 Å². The number of Topliss-reactive ketones (excluding diaryl/α,β-unsaturated/α-hetero) is 1. The molecule has 3 aromatic carbocycles.